The number of rotatable bonds is 8. The number of benzene rings is 1. The number of halogens is 3. The van der Waals surface area contributed by atoms with Crippen LogP contribution in [0, 0.1) is 5.82 Å². The van der Waals surface area contributed by atoms with Crippen molar-refractivity contribution >= 4 is 40.4 Å². The highest BCUT2D eigenvalue weighted by Crippen LogP contribution is 2.31. The zero-order valence-corrected chi connectivity index (χ0v) is 23.9. The third-order valence-corrected chi connectivity index (χ3v) is 8.70. The number of piperazine rings is 1. The Bertz CT molecular complexity index is 1400. The predicted molar refractivity (Wildman–Crippen MR) is 156 cm³/mol. The molecule has 0 spiro atoms. The molecule has 2 aliphatic rings. The van der Waals surface area contributed by atoms with Gasteiger partial charge in [0, 0.05) is 54.4 Å². The zero-order chi connectivity index (χ0) is 27.7. The van der Waals surface area contributed by atoms with Crippen LogP contribution in [0.15, 0.2) is 40.1 Å². The van der Waals surface area contributed by atoms with E-state index in [-0.39, 0.29) is 5.82 Å². The van der Waals surface area contributed by atoms with Crippen molar-refractivity contribution in [1.82, 2.24) is 14.8 Å². The first-order chi connectivity index (χ1) is 18.8. The van der Waals surface area contributed by atoms with Gasteiger partial charge in [-0.25, -0.2) is 9.37 Å². The first kappa shape index (κ1) is 28.0. The van der Waals surface area contributed by atoms with E-state index in [2.05, 4.69) is 31.9 Å². The molecule has 2 fully saturated rings. The van der Waals surface area contributed by atoms with Gasteiger partial charge in [0.2, 0.25) is 10.9 Å². The molecule has 1 aromatic heterocycles. The second-order valence-electron chi connectivity index (χ2n) is 10.5. The lowest BCUT2D eigenvalue weighted by molar-refractivity contribution is 0.0607. The zero-order valence-electron chi connectivity index (χ0n) is 22.4. The normalized spacial score (nSPS) is 19.6. The number of piperidine rings is 1. The molecule has 10 heteroatoms. The van der Waals surface area contributed by atoms with Crippen LogP contribution in [-0.2, 0) is 13.0 Å². The Kier molecular flexibility index (Phi) is 8.57. The van der Waals surface area contributed by atoms with Gasteiger partial charge in [0.25, 0.3) is 0 Å². The largest absolute Gasteiger partial charge is 0.353 e. The molecule has 39 heavy (non-hydrogen) atoms. The predicted octanol–water partition coefficient (Wildman–Crippen LogP) is 4.99. The average molecular weight is 575 g/mol. The summed E-state index contributed by atoms with van der Waals surface area (Å²) >= 11 is 12.6. The fourth-order valence-electron chi connectivity index (χ4n) is 5.99. The summed E-state index contributed by atoms with van der Waals surface area (Å²) < 4.78 is 14.3. The fraction of sp³-hybridized carbons (Fsp3) is 0.483. The summed E-state index contributed by atoms with van der Waals surface area (Å²) in [6.45, 7) is 9.15. The van der Waals surface area contributed by atoms with E-state index in [9.17, 15) is 14.0 Å². The van der Waals surface area contributed by atoms with Crippen LogP contribution in [0.1, 0.15) is 44.2 Å². The fourth-order valence-corrected chi connectivity index (χ4v) is 6.43. The maximum Gasteiger partial charge on any atom is 0.249 e. The van der Waals surface area contributed by atoms with Crippen molar-refractivity contribution in [3.8, 4) is 0 Å². The Balaban J connectivity index is 1.18. The second kappa shape index (κ2) is 11.9. The number of nitrogens with one attached hydrogen (secondary N) is 1. The van der Waals surface area contributed by atoms with Crippen LogP contribution < -0.4 is 21.1 Å². The van der Waals surface area contributed by atoms with Gasteiger partial charge in [0.1, 0.15) is 11.6 Å². The number of aromatic nitrogens is 1. The van der Waals surface area contributed by atoms with E-state index in [0.29, 0.717) is 57.6 Å². The minimum atomic E-state index is -0.489. The first-order valence-electron chi connectivity index (χ1n) is 13.7. The van der Waals surface area contributed by atoms with Gasteiger partial charge in [-0.05, 0) is 57.0 Å². The molecule has 7 nitrogen and oxygen atoms in total. The van der Waals surface area contributed by atoms with Gasteiger partial charge in [-0.3, -0.25) is 19.4 Å². The van der Waals surface area contributed by atoms with Crippen molar-refractivity contribution in [2.24, 2.45) is 0 Å². The third kappa shape index (κ3) is 5.85. The Labute approximate surface area is 238 Å². The van der Waals surface area contributed by atoms with Crippen LogP contribution in [0.5, 0.6) is 0 Å². The van der Waals surface area contributed by atoms with Crippen molar-refractivity contribution in [1.29, 1.82) is 0 Å². The summed E-state index contributed by atoms with van der Waals surface area (Å²) in [7, 11) is 0. The molecule has 2 aromatic carbocycles. The summed E-state index contributed by atoms with van der Waals surface area (Å²) in [6.07, 6.45) is 5.32. The average Bonchev–Trinajstić information content (AvgIpc) is 2.94. The highest BCUT2D eigenvalue weighted by atomic mass is 35.5. The van der Waals surface area contributed by atoms with Crippen LogP contribution in [-0.4, -0.2) is 59.6 Å². The lowest BCUT2D eigenvalue weighted by Crippen LogP contribution is -2.58. The number of likely N-dealkylation sites (tertiary alicyclic amines) is 1. The lowest BCUT2D eigenvalue weighted by Gasteiger charge is -2.47. The maximum atomic E-state index is 14.3. The van der Waals surface area contributed by atoms with Crippen LogP contribution >= 0.6 is 23.2 Å². The molecule has 2 saturated heterocycles. The number of nitrogens with zero attached hydrogens (tertiary/aromatic N) is 4. The number of hydrogen-bond donors (Lipinski definition) is 1. The molecule has 0 amide bonds. The smallest absolute Gasteiger partial charge is 0.249 e. The number of pyridine rings is 1. The van der Waals surface area contributed by atoms with Crippen LogP contribution in [0.4, 0.5) is 21.6 Å². The molecule has 3 aromatic rings. The maximum absolute atomic E-state index is 14.3. The summed E-state index contributed by atoms with van der Waals surface area (Å²) in [5, 5.41) is 3.97. The molecule has 5 rings (SSSR count). The van der Waals surface area contributed by atoms with E-state index in [4.69, 9.17) is 23.2 Å². The van der Waals surface area contributed by atoms with Crippen LogP contribution in [0.25, 0.3) is 0 Å². The molecule has 1 atom stereocenters. The van der Waals surface area contributed by atoms with Crippen molar-refractivity contribution in [2.45, 2.75) is 58.2 Å². The summed E-state index contributed by atoms with van der Waals surface area (Å²) in [5.74, 6) is 0.498. The molecular formula is C29H34Cl2FN5O2. The van der Waals surface area contributed by atoms with Gasteiger partial charge in [-0.2, -0.15) is 0 Å². The molecule has 0 bridgehead atoms. The summed E-state index contributed by atoms with van der Waals surface area (Å²) in [5.41, 5.74) is 1.25. The minimum Gasteiger partial charge on any atom is -0.353 e. The van der Waals surface area contributed by atoms with Gasteiger partial charge >= 0.3 is 0 Å². The van der Waals surface area contributed by atoms with Crippen molar-refractivity contribution in [3.05, 3.63) is 77.9 Å². The van der Waals surface area contributed by atoms with E-state index in [1.54, 1.807) is 24.4 Å². The van der Waals surface area contributed by atoms with Gasteiger partial charge in [-0.15, -0.1) is 0 Å². The van der Waals surface area contributed by atoms with Crippen molar-refractivity contribution < 1.29 is 4.39 Å². The first-order valence-corrected chi connectivity index (χ1v) is 14.5. The van der Waals surface area contributed by atoms with E-state index >= 15 is 0 Å². The molecule has 2 aliphatic heterocycles. The molecule has 1 unspecified atom stereocenters. The van der Waals surface area contributed by atoms with Gasteiger partial charge < -0.3 is 10.2 Å². The number of anilines is 3. The molecule has 3 heterocycles. The third-order valence-electron chi connectivity index (χ3n) is 8.19. The minimum absolute atomic E-state index is 0.239. The Morgan fingerprint density at radius 3 is 2.49 bits per heavy atom. The quantitative estimate of drug-likeness (QED) is 0.380. The Morgan fingerprint density at radius 1 is 1.05 bits per heavy atom. The van der Waals surface area contributed by atoms with E-state index in [1.807, 2.05) is 6.92 Å². The molecule has 0 saturated carbocycles. The van der Waals surface area contributed by atoms with Crippen LogP contribution in [0.2, 0.25) is 10.0 Å². The summed E-state index contributed by atoms with van der Waals surface area (Å²) in [6, 6.07) is 7.58. The molecule has 208 valence electrons. The van der Waals surface area contributed by atoms with Gasteiger partial charge in [0.05, 0.1) is 22.6 Å². The SMILES string of the molecule is CCc1c(Nc2cnc(N3CCN(C4CCN(Cc5ccc(Cl)cc5F)CC4)C(CC)C3)c(Cl)c2)c(=O)c1=O. The lowest BCUT2D eigenvalue weighted by atomic mass is 9.97. The van der Waals surface area contributed by atoms with Crippen LogP contribution in [0.3, 0.4) is 0 Å². The van der Waals surface area contributed by atoms with Crippen molar-refractivity contribution in [3.63, 3.8) is 0 Å². The topological polar surface area (TPSA) is 68.8 Å². The Morgan fingerprint density at radius 2 is 1.82 bits per heavy atom. The van der Waals surface area contributed by atoms with E-state index in [1.165, 1.54) is 6.07 Å². The second-order valence-corrected chi connectivity index (χ2v) is 11.4. The van der Waals surface area contributed by atoms with Crippen molar-refractivity contribution in [2.75, 3.05) is 42.9 Å². The summed E-state index contributed by atoms with van der Waals surface area (Å²) in [4.78, 5) is 35.5. The van der Waals surface area contributed by atoms with E-state index in [0.717, 1.165) is 57.8 Å². The van der Waals surface area contributed by atoms with Gasteiger partial charge in [-0.1, -0.05) is 43.1 Å². The molecule has 0 radical (unpaired) electrons. The monoisotopic (exact) mass is 573 g/mol. The highest BCUT2D eigenvalue weighted by Gasteiger charge is 2.34. The Hall–Kier alpha value is -2.52. The standard InChI is InChI=1S/C29H34Cl2FN5O2/c1-3-21-17-36(29-24(31)14-20(15-33-29)34-26-23(4-2)27(38)28(26)39)11-12-37(21)22-7-9-35(10-8-22)16-18-5-6-19(30)13-25(18)32/h5-6,13-15,21-22,34H,3-4,7-12,16-17H2,1-2H3. The van der Waals surface area contributed by atoms with Gasteiger partial charge in [0.15, 0.2) is 0 Å². The molecule has 1 N–H and O–H groups in total. The van der Waals surface area contributed by atoms with E-state index < -0.39 is 10.9 Å². The molecule has 0 aliphatic carbocycles. The highest BCUT2D eigenvalue weighted by molar-refractivity contribution is 6.33. The number of hydrogen-bond acceptors (Lipinski definition) is 7. The molecular weight excluding hydrogens is 540 g/mol.